The van der Waals surface area contributed by atoms with Crippen LogP contribution in [0.1, 0.15) is 57.8 Å². The van der Waals surface area contributed by atoms with Gasteiger partial charge >= 0.3 is 0 Å². The predicted octanol–water partition coefficient (Wildman–Crippen LogP) is 2.48. The maximum Gasteiger partial charge on any atom is 0.229 e. The number of carbonyl (C=O) groups excluding carboxylic acids is 2. The Bertz CT molecular complexity index is 676. The highest BCUT2D eigenvalue weighted by Gasteiger charge is 2.43. The summed E-state index contributed by atoms with van der Waals surface area (Å²) in [6.45, 7) is 5.49. The van der Waals surface area contributed by atoms with Crippen LogP contribution in [0.25, 0.3) is 0 Å². The molecule has 2 aliphatic heterocycles. The largest absolute Gasteiger partial charge is 0.338 e. The first kappa shape index (κ1) is 20.3. The molecule has 0 bridgehead atoms. The topological polar surface area (TPSA) is 69.6 Å². The normalized spacial score (nSPS) is 23.0. The fraction of sp³-hybridized carbons (Fsp3) is 0.727. The van der Waals surface area contributed by atoms with Crippen LogP contribution in [0.2, 0.25) is 0 Å². The minimum Gasteiger partial charge on any atom is -0.338 e. The molecule has 7 nitrogen and oxygen atoms in total. The number of anilines is 1. The van der Waals surface area contributed by atoms with Gasteiger partial charge in [-0.2, -0.15) is 0 Å². The van der Waals surface area contributed by atoms with Crippen molar-refractivity contribution in [2.24, 2.45) is 5.41 Å². The van der Waals surface area contributed by atoms with E-state index in [4.69, 9.17) is 0 Å². The van der Waals surface area contributed by atoms with Gasteiger partial charge in [0.2, 0.25) is 17.8 Å². The summed E-state index contributed by atoms with van der Waals surface area (Å²) in [5, 5.41) is 0. The summed E-state index contributed by atoms with van der Waals surface area (Å²) < 4.78 is 0. The Balaban J connectivity index is 1.16. The van der Waals surface area contributed by atoms with Crippen LogP contribution >= 0.6 is 0 Å². The second-order valence-electron chi connectivity index (χ2n) is 8.94. The molecule has 1 spiro atoms. The Kier molecular flexibility index (Phi) is 6.43. The minimum atomic E-state index is -0.00887. The third kappa shape index (κ3) is 4.94. The van der Waals surface area contributed by atoms with Crippen molar-refractivity contribution in [1.29, 1.82) is 0 Å². The summed E-state index contributed by atoms with van der Waals surface area (Å²) >= 11 is 0. The Morgan fingerprint density at radius 1 is 0.828 bits per heavy atom. The number of hydrogen-bond donors (Lipinski definition) is 0. The Labute approximate surface area is 173 Å². The van der Waals surface area contributed by atoms with E-state index in [9.17, 15) is 9.59 Å². The Morgan fingerprint density at radius 2 is 1.45 bits per heavy atom. The lowest BCUT2D eigenvalue weighted by Gasteiger charge is -2.42. The lowest BCUT2D eigenvalue weighted by molar-refractivity contribution is -0.154. The van der Waals surface area contributed by atoms with E-state index in [-0.39, 0.29) is 17.2 Å². The van der Waals surface area contributed by atoms with Crippen molar-refractivity contribution in [2.45, 2.75) is 57.8 Å². The van der Waals surface area contributed by atoms with Crippen molar-refractivity contribution in [3.05, 3.63) is 18.5 Å². The zero-order valence-corrected chi connectivity index (χ0v) is 17.4. The van der Waals surface area contributed by atoms with Crippen LogP contribution in [0.3, 0.4) is 0 Å². The Hall–Kier alpha value is -2.02. The third-order valence-electron chi connectivity index (χ3n) is 6.88. The summed E-state index contributed by atoms with van der Waals surface area (Å²) in [6, 6.07) is 1.84. The quantitative estimate of drug-likeness (QED) is 0.541. The molecule has 1 saturated carbocycles. The lowest BCUT2D eigenvalue weighted by Crippen LogP contribution is -2.49. The van der Waals surface area contributed by atoms with Gasteiger partial charge in [0.25, 0.3) is 0 Å². The maximum absolute atomic E-state index is 12.6. The first-order valence-corrected chi connectivity index (χ1v) is 11.2. The van der Waals surface area contributed by atoms with Crippen LogP contribution in [-0.2, 0) is 9.59 Å². The van der Waals surface area contributed by atoms with E-state index in [2.05, 4.69) is 19.8 Å². The zero-order chi connectivity index (χ0) is 20.1. The monoisotopic (exact) mass is 399 g/mol. The molecule has 3 fully saturated rings. The molecule has 29 heavy (non-hydrogen) atoms. The fourth-order valence-corrected chi connectivity index (χ4v) is 5.17. The highest BCUT2D eigenvalue weighted by atomic mass is 16.2. The van der Waals surface area contributed by atoms with Gasteiger partial charge in [-0.3, -0.25) is 19.4 Å². The number of hydrogen-bond acceptors (Lipinski definition) is 6. The van der Waals surface area contributed by atoms with Crippen LogP contribution < -0.4 is 4.90 Å². The lowest BCUT2D eigenvalue weighted by atomic mass is 9.67. The molecule has 2 saturated heterocycles. The van der Waals surface area contributed by atoms with Gasteiger partial charge < -0.3 is 4.90 Å². The van der Waals surface area contributed by atoms with Crippen LogP contribution in [-0.4, -0.2) is 70.9 Å². The van der Waals surface area contributed by atoms with Crippen LogP contribution in [0.15, 0.2) is 18.5 Å². The smallest absolute Gasteiger partial charge is 0.229 e. The van der Waals surface area contributed by atoms with Crippen molar-refractivity contribution in [3.8, 4) is 0 Å². The van der Waals surface area contributed by atoms with Gasteiger partial charge in [0.15, 0.2) is 0 Å². The molecule has 4 rings (SSSR count). The van der Waals surface area contributed by atoms with E-state index in [1.807, 2.05) is 6.07 Å². The van der Waals surface area contributed by atoms with Crippen LogP contribution in [0.4, 0.5) is 5.95 Å². The van der Waals surface area contributed by atoms with E-state index in [0.717, 1.165) is 64.4 Å². The standard InChI is InChI=1S/C22H33N5O2/c28-19-17-22(7-2-1-3-8-22)18-20(29)27(19)12-5-4-11-25-13-15-26(16-14-25)21-23-9-6-10-24-21/h6,9-10H,1-5,7-8,11-18H2. The van der Waals surface area contributed by atoms with Crippen LogP contribution in [0, 0.1) is 5.41 Å². The van der Waals surface area contributed by atoms with Crippen molar-refractivity contribution < 1.29 is 9.59 Å². The summed E-state index contributed by atoms with van der Waals surface area (Å²) in [5.41, 5.74) is -0.00887. The van der Waals surface area contributed by atoms with Gasteiger partial charge in [0, 0.05) is 58.0 Å². The molecule has 7 heteroatoms. The van der Waals surface area contributed by atoms with Gasteiger partial charge in [0.1, 0.15) is 0 Å². The van der Waals surface area contributed by atoms with Gasteiger partial charge in [-0.1, -0.05) is 19.3 Å². The first-order valence-electron chi connectivity index (χ1n) is 11.2. The first-order chi connectivity index (χ1) is 14.2. The van der Waals surface area contributed by atoms with Gasteiger partial charge in [-0.15, -0.1) is 0 Å². The van der Waals surface area contributed by atoms with Crippen molar-refractivity contribution >= 4 is 17.8 Å². The van der Waals surface area contributed by atoms with E-state index in [0.29, 0.717) is 19.4 Å². The average molecular weight is 400 g/mol. The van der Waals surface area contributed by atoms with Crippen molar-refractivity contribution in [2.75, 3.05) is 44.2 Å². The minimum absolute atomic E-state index is 0.00887. The molecular formula is C22H33N5O2. The molecule has 2 amide bonds. The molecule has 0 radical (unpaired) electrons. The average Bonchev–Trinajstić information content (AvgIpc) is 2.74. The number of likely N-dealkylation sites (tertiary alicyclic amines) is 1. The summed E-state index contributed by atoms with van der Waals surface area (Å²) in [4.78, 5) is 40.1. The highest BCUT2D eigenvalue weighted by Crippen LogP contribution is 2.45. The summed E-state index contributed by atoms with van der Waals surface area (Å²) in [6.07, 6.45) is 12.4. The van der Waals surface area contributed by atoms with E-state index in [1.165, 1.54) is 19.3 Å². The summed E-state index contributed by atoms with van der Waals surface area (Å²) in [7, 11) is 0. The summed E-state index contributed by atoms with van der Waals surface area (Å²) in [5.74, 6) is 0.948. The number of aromatic nitrogens is 2. The number of piperazine rings is 1. The fourth-order valence-electron chi connectivity index (χ4n) is 5.17. The molecule has 0 unspecified atom stereocenters. The second kappa shape index (κ2) is 9.20. The molecule has 158 valence electrons. The van der Waals surface area contributed by atoms with Crippen molar-refractivity contribution in [1.82, 2.24) is 19.8 Å². The molecular weight excluding hydrogens is 366 g/mol. The number of carbonyl (C=O) groups is 2. The molecule has 1 aromatic rings. The van der Waals surface area contributed by atoms with E-state index < -0.39 is 0 Å². The molecule has 0 aromatic carbocycles. The van der Waals surface area contributed by atoms with Gasteiger partial charge in [-0.25, -0.2) is 9.97 Å². The number of unbranched alkanes of at least 4 members (excludes halogenated alkanes) is 1. The molecule has 3 heterocycles. The molecule has 0 N–H and O–H groups in total. The SMILES string of the molecule is O=C1CC2(CCCCC2)CC(=O)N1CCCCN1CCN(c2ncccn2)CC1. The molecule has 3 aliphatic rings. The van der Waals surface area contributed by atoms with E-state index >= 15 is 0 Å². The zero-order valence-electron chi connectivity index (χ0n) is 17.4. The van der Waals surface area contributed by atoms with Gasteiger partial charge in [-0.05, 0) is 43.7 Å². The number of nitrogens with zero attached hydrogens (tertiary/aromatic N) is 5. The molecule has 0 atom stereocenters. The number of amides is 2. The third-order valence-corrected chi connectivity index (χ3v) is 6.88. The predicted molar refractivity (Wildman–Crippen MR) is 111 cm³/mol. The second-order valence-corrected chi connectivity index (χ2v) is 8.94. The Morgan fingerprint density at radius 3 is 2.10 bits per heavy atom. The number of imide groups is 1. The number of piperidine rings is 1. The van der Waals surface area contributed by atoms with E-state index in [1.54, 1.807) is 17.3 Å². The van der Waals surface area contributed by atoms with Crippen LogP contribution in [0.5, 0.6) is 0 Å². The molecule has 1 aromatic heterocycles. The van der Waals surface area contributed by atoms with Gasteiger partial charge in [0.05, 0.1) is 0 Å². The van der Waals surface area contributed by atoms with Crippen molar-refractivity contribution in [3.63, 3.8) is 0 Å². The highest BCUT2D eigenvalue weighted by molar-refractivity contribution is 5.98. The maximum atomic E-state index is 12.6. The molecule has 1 aliphatic carbocycles. The number of rotatable bonds is 6.